The van der Waals surface area contributed by atoms with Gasteiger partial charge in [-0.3, -0.25) is 4.79 Å². The van der Waals surface area contributed by atoms with E-state index in [9.17, 15) is 13.2 Å². The molecule has 16 heavy (non-hydrogen) atoms. The number of hydrogen-bond donors (Lipinski definition) is 2. The third-order valence-electron chi connectivity index (χ3n) is 1.82. The van der Waals surface area contributed by atoms with Crippen LogP contribution in [-0.2, 0) is 10.0 Å². The molecule has 1 heterocycles. The molecule has 0 fully saturated rings. The molecule has 0 bridgehead atoms. The molecule has 88 valence electrons. The van der Waals surface area contributed by atoms with E-state index in [1.807, 2.05) is 0 Å². The third kappa shape index (κ3) is 3.20. The van der Waals surface area contributed by atoms with Gasteiger partial charge in [-0.25, -0.2) is 13.1 Å². The van der Waals surface area contributed by atoms with Gasteiger partial charge in [-0.1, -0.05) is 11.3 Å². The molecule has 0 spiro atoms. The van der Waals surface area contributed by atoms with Crippen LogP contribution >= 0.6 is 11.3 Å². The lowest BCUT2D eigenvalue weighted by Crippen LogP contribution is -2.24. The molecule has 1 aromatic rings. The summed E-state index contributed by atoms with van der Waals surface area (Å²) in [6.45, 7) is 1.83. The number of sulfonamides is 1. The summed E-state index contributed by atoms with van der Waals surface area (Å²) < 4.78 is 25.9. The quantitative estimate of drug-likeness (QED) is 0.595. The molecule has 5 nitrogen and oxygen atoms in total. The van der Waals surface area contributed by atoms with Gasteiger partial charge < -0.3 is 4.98 Å². The van der Waals surface area contributed by atoms with Gasteiger partial charge >= 0.3 is 4.87 Å². The van der Waals surface area contributed by atoms with Crippen LogP contribution in [0.15, 0.2) is 9.00 Å². The van der Waals surface area contributed by atoms with Crippen molar-refractivity contribution in [3.8, 4) is 12.3 Å². The summed E-state index contributed by atoms with van der Waals surface area (Å²) in [4.78, 5) is 13.0. The molecule has 0 aromatic carbocycles. The van der Waals surface area contributed by atoms with Gasteiger partial charge in [0, 0.05) is 18.7 Å². The molecule has 0 saturated heterocycles. The summed E-state index contributed by atoms with van der Waals surface area (Å²) in [5.74, 6) is 2.42. The van der Waals surface area contributed by atoms with Crippen molar-refractivity contribution in [1.29, 1.82) is 0 Å². The zero-order valence-corrected chi connectivity index (χ0v) is 10.4. The lowest BCUT2D eigenvalue weighted by atomic mass is 10.3. The number of aromatic amines is 1. The van der Waals surface area contributed by atoms with Crippen molar-refractivity contribution >= 4 is 21.4 Å². The average Bonchev–Trinajstić information content (AvgIpc) is 2.53. The average molecular weight is 260 g/mol. The van der Waals surface area contributed by atoms with Crippen LogP contribution in [0.25, 0.3) is 0 Å². The molecule has 1 aromatic heterocycles. The lowest BCUT2D eigenvalue weighted by Gasteiger charge is -2.03. The topological polar surface area (TPSA) is 79.0 Å². The molecule has 7 heteroatoms. The maximum absolute atomic E-state index is 11.7. The molecule has 1 rings (SSSR count). The molecule has 0 saturated carbocycles. The van der Waals surface area contributed by atoms with Crippen molar-refractivity contribution in [3.05, 3.63) is 15.4 Å². The van der Waals surface area contributed by atoms with E-state index in [2.05, 4.69) is 15.6 Å². The molecule has 0 aliphatic heterocycles. The van der Waals surface area contributed by atoms with Crippen LogP contribution in [0.2, 0.25) is 0 Å². The maximum atomic E-state index is 11.7. The van der Waals surface area contributed by atoms with Gasteiger partial charge in [-0.05, 0) is 13.3 Å². The summed E-state index contributed by atoms with van der Waals surface area (Å²) >= 11 is 0.683. The molecule has 0 amide bonds. The Labute approximate surface area is 98.0 Å². The van der Waals surface area contributed by atoms with E-state index in [-0.39, 0.29) is 15.6 Å². The third-order valence-corrected chi connectivity index (χ3v) is 4.88. The first-order valence-corrected chi connectivity index (χ1v) is 6.90. The summed E-state index contributed by atoms with van der Waals surface area (Å²) in [5.41, 5.74) is 0.361. The monoisotopic (exact) mass is 260 g/mol. The van der Waals surface area contributed by atoms with E-state index in [1.165, 1.54) is 0 Å². The minimum atomic E-state index is -3.58. The van der Waals surface area contributed by atoms with Crippen molar-refractivity contribution in [3.63, 3.8) is 0 Å². The first kappa shape index (κ1) is 13.0. The Morgan fingerprint density at radius 3 is 2.75 bits per heavy atom. The standard InChI is InChI=1S/C9H12N2O3S2/c1-3-4-5-6-10-16(13,14)8-7(2)11-9(12)15-8/h1,10H,4-6H2,2H3,(H,11,12). The van der Waals surface area contributed by atoms with Crippen LogP contribution in [0.4, 0.5) is 0 Å². The van der Waals surface area contributed by atoms with E-state index in [4.69, 9.17) is 6.42 Å². The molecular formula is C9H12N2O3S2. The van der Waals surface area contributed by atoms with Crippen molar-refractivity contribution in [2.24, 2.45) is 0 Å². The fraction of sp³-hybridized carbons (Fsp3) is 0.444. The smallest absolute Gasteiger partial charge is 0.305 e. The van der Waals surface area contributed by atoms with Gasteiger partial charge in [-0.2, -0.15) is 0 Å². The second kappa shape index (κ2) is 5.30. The molecular weight excluding hydrogens is 248 g/mol. The number of unbranched alkanes of at least 4 members (excludes halogenated alkanes) is 1. The molecule has 0 aliphatic rings. The summed E-state index contributed by atoms with van der Waals surface area (Å²) in [5, 5.41) is 0. The van der Waals surface area contributed by atoms with Gasteiger partial charge in [0.25, 0.3) is 10.0 Å². The molecule has 2 N–H and O–H groups in total. The van der Waals surface area contributed by atoms with Gasteiger partial charge in [0.05, 0.1) is 0 Å². The Kier molecular flexibility index (Phi) is 4.29. The van der Waals surface area contributed by atoms with Gasteiger partial charge in [-0.15, -0.1) is 12.3 Å². The van der Waals surface area contributed by atoms with Crippen molar-refractivity contribution in [1.82, 2.24) is 9.71 Å². The summed E-state index contributed by atoms with van der Waals surface area (Å²) in [6.07, 6.45) is 6.14. The highest BCUT2D eigenvalue weighted by atomic mass is 32.2. The molecule has 0 atom stereocenters. The Bertz CT molecular complexity index is 548. The zero-order chi connectivity index (χ0) is 12.2. The number of thiazole rings is 1. The Morgan fingerprint density at radius 1 is 1.56 bits per heavy atom. The number of rotatable bonds is 5. The van der Waals surface area contributed by atoms with Gasteiger partial charge in [0.15, 0.2) is 4.21 Å². The number of aryl methyl sites for hydroxylation is 1. The summed E-state index contributed by atoms with van der Waals surface area (Å²) in [6, 6.07) is 0. The van der Waals surface area contributed by atoms with Crippen LogP contribution < -0.4 is 9.60 Å². The fourth-order valence-corrected chi connectivity index (χ4v) is 3.53. The van der Waals surface area contributed by atoms with Crippen LogP contribution in [0.3, 0.4) is 0 Å². The Balaban J connectivity index is 2.76. The minimum Gasteiger partial charge on any atom is -0.315 e. The highest BCUT2D eigenvalue weighted by Crippen LogP contribution is 2.15. The first-order valence-electron chi connectivity index (χ1n) is 4.60. The van der Waals surface area contributed by atoms with Crippen LogP contribution in [0.1, 0.15) is 18.5 Å². The van der Waals surface area contributed by atoms with Gasteiger partial charge in [0.1, 0.15) is 0 Å². The lowest BCUT2D eigenvalue weighted by molar-refractivity contribution is 0.581. The first-order chi connectivity index (χ1) is 7.47. The predicted octanol–water partition coefficient (Wildman–Crippen LogP) is 0.437. The Morgan fingerprint density at radius 2 is 2.25 bits per heavy atom. The van der Waals surface area contributed by atoms with E-state index >= 15 is 0 Å². The largest absolute Gasteiger partial charge is 0.315 e. The number of aromatic nitrogens is 1. The summed E-state index contributed by atoms with van der Waals surface area (Å²) in [7, 11) is -3.58. The van der Waals surface area contributed by atoms with Crippen molar-refractivity contribution < 1.29 is 8.42 Å². The van der Waals surface area contributed by atoms with E-state index < -0.39 is 10.0 Å². The Hall–Kier alpha value is -1.10. The number of terminal acetylenes is 1. The highest BCUT2D eigenvalue weighted by Gasteiger charge is 2.19. The number of hydrogen-bond acceptors (Lipinski definition) is 4. The normalized spacial score (nSPS) is 11.2. The molecule has 0 unspecified atom stereocenters. The van der Waals surface area contributed by atoms with E-state index in [0.717, 1.165) is 0 Å². The van der Waals surface area contributed by atoms with Crippen LogP contribution in [-0.4, -0.2) is 19.9 Å². The van der Waals surface area contributed by atoms with Gasteiger partial charge in [0.2, 0.25) is 0 Å². The SMILES string of the molecule is C#CCCCNS(=O)(=O)c1sc(=O)[nH]c1C. The number of H-pyrrole nitrogens is 1. The van der Waals surface area contributed by atoms with Crippen molar-refractivity contribution in [2.75, 3.05) is 6.54 Å². The predicted molar refractivity (Wildman–Crippen MR) is 62.9 cm³/mol. The van der Waals surface area contributed by atoms with E-state index in [1.54, 1.807) is 6.92 Å². The molecule has 0 radical (unpaired) electrons. The second-order valence-corrected chi connectivity index (χ2v) is 6.08. The minimum absolute atomic E-state index is 0.0400. The second-order valence-electron chi connectivity index (χ2n) is 3.13. The molecule has 0 aliphatic carbocycles. The highest BCUT2D eigenvalue weighted by molar-refractivity contribution is 7.91. The van der Waals surface area contributed by atoms with Crippen LogP contribution in [0, 0.1) is 19.3 Å². The van der Waals surface area contributed by atoms with E-state index in [0.29, 0.717) is 29.9 Å². The van der Waals surface area contributed by atoms with Crippen molar-refractivity contribution in [2.45, 2.75) is 24.0 Å². The maximum Gasteiger partial charge on any atom is 0.305 e. The zero-order valence-electron chi connectivity index (χ0n) is 8.74. The van der Waals surface area contributed by atoms with Crippen LogP contribution in [0.5, 0.6) is 0 Å². The number of nitrogens with one attached hydrogen (secondary N) is 2. The fourth-order valence-electron chi connectivity index (χ4n) is 1.11.